The summed E-state index contributed by atoms with van der Waals surface area (Å²) in [5, 5.41) is 0.910. The quantitative estimate of drug-likeness (QED) is 0.752. The lowest BCUT2D eigenvalue weighted by atomic mass is 9.88. The van der Waals surface area contributed by atoms with Crippen molar-refractivity contribution < 1.29 is 4.79 Å². The van der Waals surface area contributed by atoms with Crippen LogP contribution in [0.25, 0.3) is 10.9 Å². The number of hydrogen-bond donors (Lipinski definition) is 1. The Balaban J connectivity index is 1.63. The molecule has 3 aromatic rings. The molecule has 1 aliphatic rings. The van der Waals surface area contributed by atoms with Crippen LogP contribution in [0, 0.1) is 5.92 Å². The SMILES string of the molecule is O=C(c1ccnc2ccccc12)N(Cc1ncc[nH]1)CC1CCCCC1. The van der Waals surface area contributed by atoms with Crippen molar-refractivity contribution in [2.75, 3.05) is 6.54 Å². The van der Waals surface area contributed by atoms with Gasteiger partial charge in [0.05, 0.1) is 17.6 Å². The molecule has 5 heteroatoms. The van der Waals surface area contributed by atoms with E-state index in [0.717, 1.165) is 28.8 Å². The molecular weight excluding hydrogens is 324 g/mol. The Bertz CT molecular complexity index is 863. The highest BCUT2D eigenvalue weighted by molar-refractivity contribution is 6.05. The zero-order valence-corrected chi connectivity index (χ0v) is 14.9. The minimum Gasteiger partial charge on any atom is -0.347 e. The van der Waals surface area contributed by atoms with Crippen LogP contribution in [0.4, 0.5) is 0 Å². The molecule has 2 aromatic heterocycles. The monoisotopic (exact) mass is 348 g/mol. The summed E-state index contributed by atoms with van der Waals surface area (Å²) in [5.74, 6) is 1.47. The van der Waals surface area contributed by atoms with E-state index in [1.807, 2.05) is 35.2 Å². The average Bonchev–Trinajstić information content (AvgIpc) is 3.20. The minimum atomic E-state index is 0.0607. The predicted octanol–water partition coefficient (Wildman–Crippen LogP) is 4.18. The van der Waals surface area contributed by atoms with Crippen molar-refractivity contribution in [3.63, 3.8) is 0 Å². The number of aromatic amines is 1. The highest BCUT2D eigenvalue weighted by Gasteiger charge is 2.24. The molecule has 26 heavy (non-hydrogen) atoms. The third-order valence-corrected chi connectivity index (χ3v) is 5.27. The Morgan fingerprint density at radius 1 is 1.08 bits per heavy atom. The van der Waals surface area contributed by atoms with Crippen molar-refractivity contribution in [1.82, 2.24) is 19.9 Å². The Kier molecular flexibility index (Phi) is 4.95. The smallest absolute Gasteiger partial charge is 0.255 e. The lowest BCUT2D eigenvalue weighted by Gasteiger charge is -2.29. The summed E-state index contributed by atoms with van der Waals surface area (Å²) in [6, 6.07) is 9.66. The number of carbonyl (C=O) groups is 1. The maximum Gasteiger partial charge on any atom is 0.255 e. The van der Waals surface area contributed by atoms with Crippen molar-refractivity contribution >= 4 is 16.8 Å². The second-order valence-electron chi connectivity index (χ2n) is 7.10. The Morgan fingerprint density at radius 2 is 1.92 bits per heavy atom. The Morgan fingerprint density at radius 3 is 2.73 bits per heavy atom. The number of para-hydroxylation sites is 1. The van der Waals surface area contributed by atoms with Crippen LogP contribution < -0.4 is 0 Å². The number of rotatable bonds is 5. The molecule has 0 aliphatic heterocycles. The van der Waals surface area contributed by atoms with Gasteiger partial charge in [0, 0.05) is 30.5 Å². The summed E-state index contributed by atoms with van der Waals surface area (Å²) >= 11 is 0. The van der Waals surface area contributed by atoms with E-state index in [4.69, 9.17) is 0 Å². The molecule has 0 radical (unpaired) electrons. The molecule has 1 N–H and O–H groups in total. The fourth-order valence-electron chi connectivity index (χ4n) is 3.92. The number of aromatic nitrogens is 3. The van der Waals surface area contributed by atoms with Gasteiger partial charge in [-0.15, -0.1) is 0 Å². The number of pyridine rings is 1. The molecule has 1 aliphatic carbocycles. The summed E-state index contributed by atoms with van der Waals surface area (Å²) in [6.07, 6.45) is 11.5. The number of fused-ring (bicyclic) bond motifs is 1. The molecule has 4 rings (SSSR count). The van der Waals surface area contributed by atoms with E-state index in [9.17, 15) is 4.79 Å². The zero-order chi connectivity index (χ0) is 17.8. The minimum absolute atomic E-state index is 0.0607. The number of nitrogens with zero attached hydrogens (tertiary/aromatic N) is 3. The molecule has 0 bridgehead atoms. The lowest BCUT2D eigenvalue weighted by molar-refractivity contribution is 0.0696. The number of hydrogen-bond acceptors (Lipinski definition) is 3. The van der Waals surface area contributed by atoms with Gasteiger partial charge >= 0.3 is 0 Å². The highest BCUT2D eigenvalue weighted by Crippen LogP contribution is 2.26. The number of nitrogens with one attached hydrogen (secondary N) is 1. The summed E-state index contributed by atoms with van der Waals surface area (Å²) < 4.78 is 0. The first kappa shape index (κ1) is 16.8. The van der Waals surface area contributed by atoms with Crippen LogP contribution in [0.15, 0.2) is 48.9 Å². The van der Waals surface area contributed by atoms with Gasteiger partial charge in [0.15, 0.2) is 0 Å². The van der Waals surface area contributed by atoms with Crippen LogP contribution in [0.5, 0.6) is 0 Å². The molecule has 2 heterocycles. The maximum absolute atomic E-state index is 13.4. The van der Waals surface area contributed by atoms with Crippen LogP contribution in [-0.4, -0.2) is 32.3 Å². The van der Waals surface area contributed by atoms with Gasteiger partial charge in [0.2, 0.25) is 0 Å². The summed E-state index contributed by atoms with van der Waals surface area (Å²) in [4.78, 5) is 27.2. The number of carbonyl (C=O) groups excluding carboxylic acids is 1. The third-order valence-electron chi connectivity index (χ3n) is 5.27. The molecule has 0 unspecified atom stereocenters. The van der Waals surface area contributed by atoms with Crippen LogP contribution in [-0.2, 0) is 6.54 Å². The van der Waals surface area contributed by atoms with E-state index in [1.165, 1.54) is 32.1 Å². The van der Waals surface area contributed by atoms with E-state index >= 15 is 0 Å². The summed E-state index contributed by atoms with van der Waals surface area (Å²) in [7, 11) is 0. The molecule has 134 valence electrons. The first-order valence-electron chi connectivity index (χ1n) is 9.42. The van der Waals surface area contributed by atoms with E-state index in [-0.39, 0.29) is 5.91 Å². The van der Waals surface area contributed by atoms with Gasteiger partial charge in [-0.25, -0.2) is 4.98 Å². The van der Waals surface area contributed by atoms with Crippen LogP contribution in [0.1, 0.15) is 48.3 Å². The van der Waals surface area contributed by atoms with Gasteiger partial charge in [-0.05, 0) is 30.9 Å². The molecule has 5 nitrogen and oxygen atoms in total. The normalized spacial score (nSPS) is 15.2. The van der Waals surface area contributed by atoms with E-state index in [0.29, 0.717) is 12.5 Å². The maximum atomic E-state index is 13.4. The van der Waals surface area contributed by atoms with Crippen molar-refractivity contribution in [1.29, 1.82) is 0 Å². The first-order valence-corrected chi connectivity index (χ1v) is 9.42. The average molecular weight is 348 g/mol. The van der Waals surface area contributed by atoms with E-state index < -0.39 is 0 Å². The van der Waals surface area contributed by atoms with Gasteiger partial charge in [-0.3, -0.25) is 9.78 Å². The van der Waals surface area contributed by atoms with Crippen molar-refractivity contribution in [3.05, 3.63) is 60.3 Å². The number of imidazole rings is 1. The number of benzene rings is 1. The second-order valence-corrected chi connectivity index (χ2v) is 7.10. The highest BCUT2D eigenvalue weighted by atomic mass is 16.2. The molecule has 1 saturated carbocycles. The van der Waals surface area contributed by atoms with Gasteiger partial charge < -0.3 is 9.88 Å². The topological polar surface area (TPSA) is 61.9 Å². The molecule has 0 spiro atoms. The molecule has 0 saturated heterocycles. The molecule has 1 amide bonds. The summed E-state index contributed by atoms with van der Waals surface area (Å²) in [6.45, 7) is 1.30. The van der Waals surface area contributed by atoms with E-state index in [1.54, 1.807) is 18.6 Å². The van der Waals surface area contributed by atoms with Crippen LogP contribution in [0.2, 0.25) is 0 Å². The first-order chi connectivity index (χ1) is 12.8. The van der Waals surface area contributed by atoms with Crippen LogP contribution >= 0.6 is 0 Å². The number of H-pyrrole nitrogens is 1. The van der Waals surface area contributed by atoms with Gasteiger partial charge in [0.1, 0.15) is 5.82 Å². The zero-order valence-electron chi connectivity index (χ0n) is 14.9. The van der Waals surface area contributed by atoms with Crippen molar-refractivity contribution in [2.24, 2.45) is 5.92 Å². The van der Waals surface area contributed by atoms with Crippen molar-refractivity contribution in [2.45, 2.75) is 38.6 Å². The van der Waals surface area contributed by atoms with Gasteiger partial charge in [0.25, 0.3) is 5.91 Å². The fraction of sp³-hybridized carbons (Fsp3) is 0.381. The molecule has 1 fully saturated rings. The second kappa shape index (κ2) is 7.68. The van der Waals surface area contributed by atoms with Crippen molar-refractivity contribution in [3.8, 4) is 0 Å². The summed E-state index contributed by atoms with van der Waals surface area (Å²) in [5.41, 5.74) is 1.58. The Hall–Kier alpha value is -2.69. The Labute approximate surface area is 153 Å². The largest absolute Gasteiger partial charge is 0.347 e. The van der Waals surface area contributed by atoms with Gasteiger partial charge in [-0.2, -0.15) is 0 Å². The van der Waals surface area contributed by atoms with E-state index in [2.05, 4.69) is 15.0 Å². The molecular formula is C21H24N4O. The molecule has 0 atom stereocenters. The number of amides is 1. The van der Waals surface area contributed by atoms with Crippen LogP contribution in [0.3, 0.4) is 0 Å². The fourth-order valence-corrected chi connectivity index (χ4v) is 3.92. The lowest BCUT2D eigenvalue weighted by Crippen LogP contribution is -2.36. The standard InChI is InChI=1S/C21H24N4O/c26-21(18-10-11-22-19-9-5-4-8-17(18)19)25(15-20-23-12-13-24-20)14-16-6-2-1-3-7-16/h4-5,8-13,16H,1-3,6-7,14-15H2,(H,23,24). The predicted molar refractivity (Wildman–Crippen MR) is 102 cm³/mol. The third kappa shape index (κ3) is 3.62. The molecule has 1 aromatic carbocycles. The van der Waals surface area contributed by atoms with Gasteiger partial charge in [-0.1, -0.05) is 37.5 Å².